The third kappa shape index (κ3) is 2.77. The van der Waals surface area contributed by atoms with Gasteiger partial charge >= 0.3 is 0 Å². The van der Waals surface area contributed by atoms with Gasteiger partial charge in [-0.3, -0.25) is 0 Å². The Bertz CT molecular complexity index is 790. The van der Waals surface area contributed by atoms with Crippen molar-refractivity contribution in [2.24, 2.45) is 50.2 Å². The summed E-state index contributed by atoms with van der Waals surface area (Å²) < 4.78 is 0. The number of allylic oxidation sites excluding steroid dienone is 2. The minimum absolute atomic E-state index is 0.0369. The first kappa shape index (κ1) is 22.5. The average molecular weight is 427 g/mol. The van der Waals surface area contributed by atoms with E-state index in [1.807, 2.05) is 5.57 Å². The van der Waals surface area contributed by atoms with Gasteiger partial charge in [0.25, 0.3) is 0 Å². The lowest BCUT2D eigenvalue weighted by Crippen LogP contribution is -2.63. The van der Waals surface area contributed by atoms with Gasteiger partial charge in [0.15, 0.2) is 0 Å². The van der Waals surface area contributed by atoms with Gasteiger partial charge in [-0.25, -0.2) is 0 Å². The van der Waals surface area contributed by atoms with Gasteiger partial charge in [-0.05, 0) is 114 Å². The van der Waals surface area contributed by atoms with E-state index >= 15 is 0 Å². The maximum absolute atomic E-state index is 10.9. The smallest absolute Gasteiger partial charge is 0.0594 e. The predicted octanol–water partition coefficient (Wildman–Crippen LogP) is 8.17. The van der Waals surface area contributed by atoms with Crippen LogP contribution in [0.15, 0.2) is 11.6 Å². The standard InChI is InChI=1S/C30H50O/c1-25(2)15-16-27(5)17-18-29(7)21-9-10-22-26(3,4)24(31)12-13-28(22,6)20(21)11-14-30(29,8)23(27)19-25/h9,20,22-24,31H,10-19H2,1-8H3/t20-,22-,23+,24+,27-,28-,29-,30+/m1/s1. The van der Waals surface area contributed by atoms with E-state index in [4.69, 9.17) is 0 Å². The zero-order valence-electron chi connectivity index (χ0n) is 21.9. The van der Waals surface area contributed by atoms with Crippen molar-refractivity contribution in [3.8, 4) is 0 Å². The Morgan fingerprint density at radius 3 is 2.16 bits per heavy atom. The van der Waals surface area contributed by atoms with E-state index < -0.39 is 0 Å². The molecule has 0 amide bonds. The highest BCUT2D eigenvalue weighted by molar-refractivity contribution is 5.33. The van der Waals surface area contributed by atoms with Crippen LogP contribution in [0, 0.1) is 50.2 Å². The second-order valence-corrected chi connectivity index (χ2v) is 15.2. The molecule has 31 heavy (non-hydrogen) atoms. The van der Waals surface area contributed by atoms with Gasteiger partial charge < -0.3 is 5.11 Å². The highest BCUT2D eigenvalue weighted by Gasteiger charge is 2.67. The fourth-order valence-corrected chi connectivity index (χ4v) is 10.5. The van der Waals surface area contributed by atoms with Crippen LogP contribution in [-0.2, 0) is 0 Å². The van der Waals surface area contributed by atoms with Crippen molar-refractivity contribution < 1.29 is 5.11 Å². The maximum Gasteiger partial charge on any atom is 0.0594 e. The lowest BCUT2D eigenvalue weighted by molar-refractivity contribution is -0.178. The summed E-state index contributed by atoms with van der Waals surface area (Å²) in [5.41, 5.74) is 4.12. The molecule has 0 radical (unpaired) electrons. The molecule has 5 rings (SSSR count). The summed E-state index contributed by atoms with van der Waals surface area (Å²) in [7, 11) is 0. The van der Waals surface area contributed by atoms with Crippen molar-refractivity contribution in [2.75, 3.05) is 0 Å². The van der Waals surface area contributed by atoms with Gasteiger partial charge in [0, 0.05) is 0 Å². The maximum atomic E-state index is 10.9. The normalized spacial score (nSPS) is 55.2. The molecule has 0 aromatic rings. The third-order valence-corrected chi connectivity index (χ3v) is 13.0. The van der Waals surface area contributed by atoms with Crippen molar-refractivity contribution in [3.63, 3.8) is 0 Å². The second-order valence-electron chi connectivity index (χ2n) is 15.2. The molecule has 0 bridgehead atoms. The van der Waals surface area contributed by atoms with Crippen LogP contribution in [0.1, 0.15) is 120 Å². The van der Waals surface area contributed by atoms with Crippen LogP contribution in [0.25, 0.3) is 0 Å². The van der Waals surface area contributed by atoms with Crippen LogP contribution in [0.2, 0.25) is 0 Å². The van der Waals surface area contributed by atoms with Gasteiger partial charge in [-0.15, -0.1) is 0 Å². The van der Waals surface area contributed by atoms with Crippen LogP contribution < -0.4 is 0 Å². The summed E-state index contributed by atoms with van der Waals surface area (Å²) in [6, 6.07) is 0. The molecule has 5 aliphatic carbocycles. The molecule has 176 valence electrons. The Morgan fingerprint density at radius 1 is 0.774 bits per heavy atom. The van der Waals surface area contributed by atoms with Gasteiger partial charge in [0.2, 0.25) is 0 Å². The number of aliphatic hydroxyl groups is 1. The van der Waals surface area contributed by atoms with Crippen LogP contribution in [0.3, 0.4) is 0 Å². The molecular weight excluding hydrogens is 376 g/mol. The van der Waals surface area contributed by atoms with Crippen molar-refractivity contribution in [3.05, 3.63) is 11.6 Å². The SMILES string of the molecule is CC1(C)CC[C@]2(C)CC[C@]3(C)C4=CC[C@@H]5C(C)(C)[C@@H](O)CC[C@]5(C)[C@@H]4CC[C@@]3(C)[C@H]2C1. The molecule has 0 spiro atoms. The highest BCUT2D eigenvalue weighted by Crippen LogP contribution is 2.75. The number of hydrogen-bond donors (Lipinski definition) is 1. The quantitative estimate of drug-likeness (QED) is 0.387. The van der Waals surface area contributed by atoms with E-state index in [0.717, 1.165) is 18.3 Å². The Balaban J connectivity index is 1.57. The average Bonchev–Trinajstić information content (AvgIpc) is 2.68. The monoisotopic (exact) mass is 426 g/mol. The predicted molar refractivity (Wildman–Crippen MR) is 131 cm³/mol. The Kier molecular flexibility index (Phi) is 4.66. The van der Waals surface area contributed by atoms with E-state index in [2.05, 4.69) is 61.5 Å². The summed E-state index contributed by atoms with van der Waals surface area (Å²) in [6.07, 6.45) is 15.9. The van der Waals surface area contributed by atoms with Crippen LogP contribution in [0.4, 0.5) is 0 Å². The number of hydrogen-bond acceptors (Lipinski definition) is 1. The Hall–Kier alpha value is -0.300. The molecule has 8 atom stereocenters. The Morgan fingerprint density at radius 2 is 1.45 bits per heavy atom. The zero-order valence-corrected chi connectivity index (χ0v) is 21.9. The molecule has 5 aliphatic rings. The molecule has 0 heterocycles. The van der Waals surface area contributed by atoms with Crippen LogP contribution in [0.5, 0.6) is 0 Å². The summed E-state index contributed by atoms with van der Waals surface area (Å²) in [5.74, 6) is 2.21. The topological polar surface area (TPSA) is 20.2 Å². The molecule has 4 saturated carbocycles. The second kappa shape index (κ2) is 6.43. The van der Waals surface area contributed by atoms with Crippen molar-refractivity contribution in [1.82, 2.24) is 0 Å². The van der Waals surface area contributed by atoms with E-state index in [0.29, 0.717) is 33.0 Å². The number of rotatable bonds is 0. The largest absolute Gasteiger partial charge is 0.393 e. The molecule has 0 unspecified atom stereocenters. The van der Waals surface area contributed by atoms with Crippen molar-refractivity contribution in [1.29, 1.82) is 0 Å². The van der Waals surface area contributed by atoms with Gasteiger partial charge in [0.05, 0.1) is 6.10 Å². The minimum atomic E-state index is -0.134. The molecule has 0 aromatic heterocycles. The number of fused-ring (bicyclic) bond motifs is 7. The summed E-state index contributed by atoms with van der Waals surface area (Å²) in [6.45, 7) is 20.5. The molecular formula is C30H50O. The van der Waals surface area contributed by atoms with Gasteiger partial charge in [0.1, 0.15) is 0 Å². The van der Waals surface area contributed by atoms with E-state index in [-0.39, 0.29) is 11.5 Å². The fourth-order valence-electron chi connectivity index (χ4n) is 10.5. The first-order valence-electron chi connectivity index (χ1n) is 13.6. The lowest BCUT2D eigenvalue weighted by Gasteiger charge is -2.71. The summed E-state index contributed by atoms with van der Waals surface area (Å²) in [4.78, 5) is 0. The van der Waals surface area contributed by atoms with Crippen molar-refractivity contribution in [2.45, 2.75) is 126 Å². The van der Waals surface area contributed by atoms with Crippen LogP contribution >= 0.6 is 0 Å². The van der Waals surface area contributed by atoms with E-state index in [1.165, 1.54) is 57.8 Å². The molecule has 1 N–H and O–H groups in total. The van der Waals surface area contributed by atoms with Gasteiger partial charge in [-0.2, -0.15) is 0 Å². The highest BCUT2D eigenvalue weighted by atomic mass is 16.3. The minimum Gasteiger partial charge on any atom is -0.393 e. The third-order valence-electron chi connectivity index (χ3n) is 13.0. The summed E-state index contributed by atoms with van der Waals surface area (Å²) in [5, 5.41) is 10.9. The molecule has 0 aliphatic heterocycles. The van der Waals surface area contributed by atoms with Crippen molar-refractivity contribution >= 4 is 0 Å². The first-order chi connectivity index (χ1) is 14.2. The van der Waals surface area contributed by atoms with E-state index in [9.17, 15) is 5.11 Å². The van der Waals surface area contributed by atoms with Gasteiger partial charge in [-0.1, -0.05) is 67.0 Å². The van der Waals surface area contributed by atoms with Crippen LogP contribution in [-0.4, -0.2) is 11.2 Å². The zero-order chi connectivity index (χ0) is 22.7. The molecule has 1 heteroatoms. The molecule has 1 nitrogen and oxygen atoms in total. The lowest BCUT2D eigenvalue weighted by atomic mass is 9.34. The first-order valence-corrected chi connectivity index (χ1v) is 13.6. The molecule has 0 aromatic carbocycles. The summed E-state index contributed by atoms with van der Waals surface area (Å²) >= 11 is 0. The molecule has 4 fully saturated rings. The fraction of sp³-hybridized carbons (Fsp3) is 0.933. The van der Waals surface area contributed by atoms with E-state index in [1.54, 1.807) is 0 Å². The number of aliphatic hydroxyl groups excluding tert-OH is 1. The Labute approximate surface area is 192 Å². The molecule has 0 saturated heterocycles.